The first-order valence-corrected chi connectivity index (χ1v) is 6.24. The lowest BCUT2D eigenvalue weighted by Crippen LogP contribution is -2.46. The maximum atomic E-state index is 10.9. The van der Waals surface area contributed by atoms with Crippen molar-refractivity contribution < 1.29 is 4.92 Å². The van der Waals surface area contributed by atoms with E-state index in [1.165, 1.54) is 0 Å². The molecular weight excluding hydrogens is 230 g/mol. The molecule has 0 radical (unpaired) electrons. The third-order valence-corrected chi connectivity index (χ3v) is 3.59. The molecule has 98 valence electrons. The van der Waals surface area contributed by atoms with Gasteiger partial charge in [0.05, 0.1) is 4.92 Å². The molecule has 2 atom stereocenters. The van der Waals surface area contributed by atoms with Gasteiger partial charge in [-0.2, -0.15) is 0 Å². The van der Waals surface area contributed by atoms with Gasteiger partial charge in [-0.05, 0) is 30.9 Å². The topological polar surface area (TPSA) is 72.4 Å². The predicted molar refractivity (Wildman–Crippen MR) is 71.8 cm³/mol. The van der Waals surface area contributed by atoms with Crippen LogP contribution < -0.4 is 10.6 Å². The lowest BCUT2D eigenvalue weighted by Gasteiger charge is -2.36. The molecule has 1 aromatic carbocycles. The average Bonchev–Trinajstić information content (AvgIpc) is 2.31. The summed E-state index contributed by atoms with van der Waals surface area (Å²) in [7, 11) is 0. The molecule has 2 N–H and O–H groups in total. The molecule has 2 rings (SSSR count). The van der Waals surface area contributed by atoms with Crippen LogP contribution in [0.2, 0.25) is 0 Å². The van der Waals surface area contributed by atoms with Gasteiger partial charge in [0.1, 0.15) is 0 Å². The molecule has 2 unspecified atom stereocenters. The quantitative estimate of drug-likeness (QED) is 0.643. The summed E-state index contributed by atoms with van der Waals surface area (Å²) < 4.78 is 0. The third-order valence-electron chi connectivity index (χ3n) is 3.59. The van der Waals surface area contributed by atoms with Gasteiger partial charge < -0.3 is 10.6 Å². The number of nitro benzene ring substituents is 1. The van der Waals surface area contributed by atoms with Gasteiger partial charge in [0.25, 0.3) is 5.69 Å². The number of nitrogens with zero attached hydrogens (tertiary/aromatic N) is 2. The maximum Gasteiger partial charge on any atom is 0.271 e. The van der Waals surface area contributed by atoms with E-state index in [9.17, 15) is 10.1 Å². The highest BCUT2D eigenvalue weighted by Gasteiger charge is 2.24. The Morgan fingerprint density at radius 3 is 2.78 bits per heavy atom. The average molecular weight is 249 g/mol. The number of hydrogen-bond donors (Lipinski definition) is 1. The van der Waals surface area contributed by atoms with Crippen molar-refractivity contribution in [3.05, 3.63) is 33.9 Å². The number of hydrogen-bond acceptors (Lipinski definition) is 4. The Hall–Kier alpha value is -1.62. The van der Waals surface area contributed by atoms with E-state index in [0.717, 1.165) is 30.8 Å². The SMILES string of the molecule is Cc1cc(N2CCC(N)C(C)C2)cc([N+](=O)[O-])c1. The predicted octanol–water partition coefficient (Wildman–Crippen LogP) is 2.08. The zero-order chi connectivity index (χ0) is 13.3. The second-order valence-corrected chi connectivity index (χ2v) is 5.16. The molecule has 1 saturated heterocycles. The normalized spacial score (nSPS) is 24.1. The molecule has 1 fully saturated rings. The van der Waals surface area contributed by atoms with E-state index in [2.05, 4.69) is 11.8 Å². The Bertz CT molecular complexity index is 462. The van der Waals surface area contributed by atoms with Crippen molar-refractivity contribution in [1.82, 2.24) is 0 Å². The largest absolute Gasteiger partial charge is 0.371 e. The minimum Gasteiger partial charge on any atom is -0.371 e. The summed E-state index contributed by atoms with van der Waals surface area (Å²) in [4.78, 5) is 12.7. The Kier molecular flexibility index (Phi) is 3.52. The summed E-state index contributed by atoms with van der Waals surface area (Å²) in [5.74, 6) is 0.415. The highest BCUT2D eigenvalue weighted by Crippen LogP contribution is 2.27. The lowest BCUT2D eigenvalue weighted by molar-refractivity contribution is -0.384. The minimum absolute atomic E-state index is 0.160. The molecule has 1 aliphatic heterocycles. The van der Waals surface area contributed by atoms with Crippen molar-refractivity contribution in [3.63, 3.8) is 0 Å². The zero-order valence-corrected chi connectivity index (χ0v) is 10.8. The number of nitro groups is 1. The smallest absolute Gasteiger partial charge is 0.271 e. The number of non-ortho nitro benzene ring substituents is 1. The molecule has 5 heteroatoms. The van der Waals surface area contributed by atoms with E-state index in [1.807, 2.05) is 13.0 Å². The molecular formula is C13H19N3O2. The van der Waals surface area contributed by atoms with E-state index in [1.54, 1.807) is 12.1 Å². The Labute approximate surface area is 107 Å². The minimum atomic E-state index is -0.338. The van der Waals surface area contributed by atoms with Gasteiger partial charge in [-0.25, -0.2) is 0 Å². The molecule has 1 heterocycles. The fraction of sp³-hybridized carbons (Fsp3) is 0.538. The molecule has 0 saturated carbocycles. The summed E-state index contributed by atoms with van der Waals surface area (Å²) in [6.07, 6.45) is 0.933. The van der Waals surface area contributed by atoms with Gasteiger partial charge in [0, 0.05) is 37.0 Å². The fourth-order valence-corrected chi connectivity index (χ4v) is 2.43. The zero-order valence-electron chi connectivity index (χ0n) is 10.8. The van der Waals surface area contributed by atoms with Crippen LogP contribution in [0, 0.1) is 23.0 Å². The Morgan fingerprint density at radius 1 is 1.44 bits per heavy atom. The number of benzene rings is 1. The molecule has 1 aromatic rings. The number of piperidine rings is 1. The van der Waals surface area contributed by atoms with E-state index >= 15 is 0 Å². The lowest BCUT2D eigenvalue weighted by atomic mass is 9.94. The van der Waals surface area contributed by atoms with E-state index in [-0.39, 0.29) is 16.7 Å². The summed E-state index contributed by atoms with van der Waals surface area (Å²) in [6.45, 7) is 5.74. The number of anilines is 1. The van der Waals surface area contributed by atoms with Crippen LogP contribution in [-0.4, -0.2) is 24.1 Å². The van der Waals surface area contributed by atoms with Crippen LogP contribution in [0.3, 0.4) is 0 Å². The van der Waals surface area contributed by atoms with Crippen LogP contribution in [0.5, 0.6) is 0 Å². The van der Waals surface area contributed by atoms with Crippen LogP contribution in [-0.2, 0) is 0 Å². The summed E-state index contributed by atoms with van der Waals surface area (Å²) in [5, 5.41) is 10.9. The molecule has 18 heavy (non-hydrogen) atoms. The van der Waals surface area contributed by atoms with Crippen LogP contribution in [0.4, 0.5) is 11.4 Å². The van der Waals surface area contributed by atoms with Gasteiger partial charge in [-0.15, -0.1) is 0 Å². The maximum absolute atomic E-state index is 10.9. The van der Waals surface area contributed by atoms with E-state index in [0.29, 0.717) is 5.92 Å². The first-order valence-electron chi connectivity index (χ1n) is 6.24. The monoisotopic (exact) mass is 249 g/mol. The van der Waals surface area contributed by atoms with Gasteiger partial charge in [-0.3, -0.25) is 10.1 Å². The van der Waals surface area contributed by atoms with Crippen molar-refractivity contribution >= 4 is 11.4 Å². The molecule has 0 bridgehead atoms. The molecule has 0 aliphatic carbocycles. The molecule has 1 aliphatic rings. The first kappa shape index (κ1) is 12.8. The van der Waals surface area contributed by atoms with Gasteiger partial charge in [0.15, 0.2) is 0 Å². The van der Waals surface area contributed by atoms with Crippen molar-refractivity contribution in [2.45, 2.75) is 26.3 Å². The van der Waals surface area contributed by atoms with Crippen molar-refractivity contribution in [3.8, 4) is 0 Å². The van der Waals surface area contributed by atoms with Gasteiger partial charge in [0.2, 0.25) is 0 Å². The second-order valence-electron chi connectivity index (χ2n) is 5.16. The Balaban J connectivity index is 2.25. The van der Waals surface area contributed by atoms with Gasteiger partial charge in [-0.1, -0.05) is 6.92 Å². The standard InChI is InChI=1S/C13H19N3O2/c1-9-5-11(7-12(6-9)16(17)18)15-4-3-13(14)10(2)8-15/h5-7,10,13H,3-4,8,14H2,1-2H3. The molecule has 0 spiro atoms. The van der Waals surface area contributed by atoms with Crippen LogP contribution >= 0.6 is 0 Å². The third kappa shape index (κ3) is 2.61. The van der Waals surface area contributed by atoms with Crippen molar-refractivity contribution in [1.29, 1.82) is 0 Å². The number of nitrogens with two attached hydrogens (primary N) is 1. The Morgan fingerprint density at radius 2 is 2.17 bits per heavy atom. The highest BCUT2D eigenvalue weighted by atomic mass is 16.6. The number of aryl methyl sites for hydroxylation is 1. The van der Waals surface area contributed by atoms with E-state index in [4.69, 9.17) is 5.73 Å². The summed E-state index contributed by atoms with van der Waals surface area (Å²) >= 11 is 0. The van der Waals surface area contributed by atoms with Crippen molar-refractivity contribution in [2.75, 3.05) is 18.0 Å². The first-order chi connectivity index (χ1) is 8.47. The van der Waals surface area contributed by atoms with E-state index < -0.39 is 0 Å². The molecule has 0 aromatic heterocycles. The molecule has 5 nitrogen and oxygen atoms in total. The highest BCUT2D eigenvalue weighted by molar-refractivity contribution is 5.56. The summed E-state index contributed by atoms with van der Waals surface area (Å²) in [6, 6.07) is 5.48. The van der Waals surface area contributed by atoms with Crippen molar-refractivity contribution in [2.24, 2.45) is 11.7 Å². The molecule has 0 amide bonds. The number of rotatable bonds is 2. The second kappa shape index (κ2) is 4.94. The van der Waals surface area contributed by atoms with Gasteiger partial charge >= 0.3 is 0 Å². The van der Waals surface area contributed by atoms with Crippen LogP contribution in [0.15, 0.2) is 18.2 Å². The van der Waals surface area contributed by atoms with Crippen LogP contribution in [0.1, 0.15) is 18.9 Å². The fourth-order valence-electron chi connectivity index (χ4n) is 2.43. The summed E-state index contributed by atoms with van der Waals surface area (Å²) in [5.41, 5.74) is 8.00. The van der Waals surface area contributed by atoms with Crippen LogP contribution in [0.25, 0.3) is 0 Å².